The normalized spacial score (nSPS) is 19.9. The average molecular weight is 531 g/mol. The molecule has 1 fully saturated rings. The number of methoxy groups -OCH3 is 1. The molecule has 0 spiro atoms. The van der Waals surface area contributed by atoms with Crippen LogP contribution in [0.5, 0.6) is 5.75 Å². The average Bonchev–Trinajstić information content (AvgIpc) is 3.38. The summed E-state index contributed by atoms with van der Waals surface area (Å²) in [7, 11) is -1.17. The van der Waals surface area contributed by atoms with E-state index in [1.807, 2.05) is 33.8 Å². The fourth-order valence-corrected chi connectivity index (χ4v) is 5.34. The van der Waals surface area contributed by atoms with Gasteiger partial charge >= 0.3 is 13.1 Å². The van der Waals surface area contributed by atoms with Crippen LogP contribution in [0.15, 0.2) is 30.5 Å². The molecule has 37 heavy (non-hydrogen) atoms. The Morgan fingerprint density at radius 2 is 1.73 bits per heavy atom. The summed E-state index contributed by atoms with van der Waals surface area (Å²) in [6, 6.07) is 5.86. The molecule has 1 amide bonds. The molecule has 2 aromatic rings. The molecule has 10 heteroatoms. The van der Waals surface area contributed by atoms with Gasteiger partial charge in [0.1, 0.15) is 11.6 Å². The fourth-order valence-electron chi connectivity index (χ4n) is 4.33. The number of hydrogen-bond acceptors (Lipinski definition) is 5. The number of aromatic nitrogens is 1. The minimum absolute atomic E-state index is 0.00476. The van der Waals surface area contributed by atoms with Gasteiger partial charge in [0.15, 0.2) is 8.32 Å². The van der Waals surface area contributed by atoms with Gasteiger partial charge < -0.3 is 23.4 Å². The quantitative estimate of drug-likeness (QED) is 0.444. The summed E-state index contributed by atoms with van der Waals surface area (Å²) in [5.74, 6) is -0.0115. The molecule has 3 heterocycles. The Morgan fingerprint density at radius 3 is 2.27 bits per heavy atom. The number of carbonyl (C=O) groups excluding carboxylic acids is 1. The third kappa shape index (κ3) is 5.13. The molecule has 7 nitrogen and oxygen atoms in total. The highest BCUT2D eigenvalue weighted by molar-refractivity contribution is 6.74. The van der Waals surface area contributed by atoms with Crippen molar-refractivity contribution in [2.24, 2.45) is 0 Å². The predicted octanol–water partition coefficient (Wildman–Crippen LogP) is 5.48. The Morgan fingerprint density at radius 1 is 1.11 bits per heavy atom. The summed E-state index contributed by atoms with van der Waals surface area (Å²) in [6.07, 6.45) is 1.79. The highest BCUT2D eigenvalue weighted by atomic mass is 28.4. The highest BCUT2D eigenvalue weighted by Crippen LogP contribution is 2.40. The number of hydrogen-bond donors (Lipinski definition) is 0. The van der Waals surface area contributed by atoms with Gasteiger partial charge in [-0.3, -0.25) is 4.57 Å². The van der Waals surface area contributed by atoms with Crippen molar-refractivity contribution in [1.29, 1.82) is 0 Å². The largest absolute Gasteiger partial charge is 0.497 e. The Bertz CT molecular complexity index is 1170. The second kappa shape index (κ2) is 9.25. The zero-order chi connectivity index (χ0) is 27.6. The molecular formula is C27H40BFN2O5Si. The molecule has 0 radical (unpaired) electrons. The number of nitrogens with zero attached hydrogens (tertiary/aromatic N) is 2. The van der Waals surface area contributed by atoms with E-state index in [0.29, 0.717) is 17.9 Å². The van der Waals surface area contributed by atoms with E-state index >= 15 is 0 Å². The summed E-state index contributed by atoms with van der Waals surface area (Å²) in [4.78, 5) is 15.4. The van der Waals surface area contributed by atoms with Gasteiger partial charge in [-0.05, 0) is 69.6 Å². The van der Waals surface area contributed by atoms with Crippen LogP contribution in [0.25, 0.3) is 0 Å². The van der Waals surface area contributed by atoms with Crippen LogP contribution >= 0.6 is 0 Å². The Balaban J connectivity index is 1.63. The molecule has 0 bridgehead atoms. The van der Waals surface area contributed by atoms with Crippen LogP contribution < -0.4 is 10.2 Å². The van der Waals surface area contributed by atoms with E-state index in [1.54, 1.807) is 21.7 Å². The maximum atomic E-state index is 14.5. The van der Waals surface area contributed by atoms with Crippen LogP contribution in [0.2, 0.25) is 18.1 Å². The Labute approximate surface area is 221 Å². The van der Waals surface area contributed by atoms with Crippen molar-refractivity contribution in [2.45, 2.75) is 90.4 Å². The summed E-state index contributed by atoms with van der Waals surface area (Å²) in [5, 5.41) is -0.00476. The fraction of sp³-hybridized carbons (Fsp3) is 0.593. The van der Waals surface area contributed by atoms with Crippen molar-refractivity contribution in [3.63, 3.8) is 0 Å². The highest BCUT2D eigenvalue weighted by Gasteiger charge is 2.52. The summed E-state index contributed by atoms with van der Waals surface area (Å²) in [6.45, 7) is 19.5. The lowest BCUT2D eigenvalue weighted by Gasteiger charge is -2.38. The maximum absolute atomic E-state index is 14.5. The number of amides is 1. The number of benzene rings is 1. The second-order valence-electron chi connectivity index (χ2n) is 12.6. The van der Waals surface area contributed by atoms with E-state index in [2.05, 4.69) is 33.9 Å². The molecule has 1 atom stereocenters. The van der Waals surface area contributed by atoms with Gasteiger partial charge in [-0.2, -0.15) is 0 Å². The number of rotatable bonds is 7. The third-order valence-corrected chi connectivity index (χ3v) is 13.0. The first-order valence-corrected chi connectivity index (χ1v) is 15.7. The SMILES string of the molecule is COc1cc(F)cc([C@@H](CO[Si](C)(C)C(C)(C)C)N2Cc3cc(B4OC(C)(C)C(C)(C)O4)cn3C2=O)c1. The standard InChI is InChI=1S/C27H40BFN2O5Si/c1-25(2,3)37(9,10)34-17-23(18-11-20(29)14-22(12-18)33-8)31-16-21-13-19(15-30(21)24(31)32)28-35-26(4,5)27(6,7)36-28/h11-15,23H,16-17H2,1-10H3/t23-/m1/s1. The van der Waals surface area contributed by atoms with Gasteiger partial charge in [0.25, 0.3) is 0 Å². The maximum Gasteiger partial charge on any atom is 0.496 e. The lowest BCUT2D eigenvalue weighted by molar-refractivity contribution is 0.00578. The van der Waals surface area contributed by atoms with Crippen molar-refractivity contribution in [2.75, 3.05) is 13.7 Å². The number of ether oxygens (including phenoxy) is 1. The van der Waals surface area contributed by atoms with Gasteiger partial charge in [0.05, 0.1) is 37.5 Å². The van der Waals surface area contributed by atoms with Gasteiger partial charge in [-0.1, -0.05) is 20.8 Å². The first-order valence-electron chi connectivity index (χ1n) is 12.8. The minimum atomic E-state index is -2.13. The van der Waals surface area contributed by atoms with Gasteiger partial charge in [0.2, 0.25) is 0 Å². The first kappa shape index (κ1) is 27.9. The van der Waals surface area contributed by atoms with Crippen molar-refractivity contribution in [1.82, 2.24) is 9.47 Å². The molecule has 0 aliphatic carbocycles. The van der Waals surface area contributed by atoms with Crippen LogP contribution in [-0.4, -0.2) is 55.9 Å². The van der Waals surface area contributed by atoms with Crippen LogP contribution in [0.3, 0.4) is 0 Å². The molecule has 2 aliphatic heterocycles. The molecule has 2 aliphatic rings. The molecule has 1 aromatic heterocycles. The minimum Gasteiger partial charge on any atom is -0.497 e. The van der Waals surface area contributed by atoms with E-state index in [9.17, 15) is 9.18 Å². The van der Waals surface area contributed by atoms with E-state index in [0.717, 1.165) is 11.2 Å². The summed E-state index contributed by atoms with van der Waals surface area (Å²) in [5.41, 5.74) is 1.34. The summed E-state index contributed by atoms with van der Waals surface area (Å²) < 4.78 is 40.4. The van der Waals surface area contributed by atoms with Crippen molar-refractivity contribution in [3.8, 4) is 5.75 Å². The smallest absolute Gasteiger partial charge is 0.496 e. The van der Waals surface area contributed by atoms with Crippen LogP contribution in [0.1, 0.15) is 65.8 Å². The lowest BCUT2D eigenvalue weighted by Crippen LogP contribution is -2.44. The monoisotopic (exact) mass is 530 g/mol. The van der Waals surface area contributed by atoms with Gasteiger partial charge in [-0.25, -0.2) is 9.18 Å². The van der Waals surface area contributed by atoms with E-state index in [1.165, 1.54) is 19.2 Å². The van der Waals surface area contributed by atoms with Crippen molar-refractivity contribution in [3.05, 3.63) is 47.5 Å². The second-order valence-corrected chi connectivity index (χ2v) is 17.5. The Hall–Kier alpha value is -2.14. The Kier molecular flexibility index (Phi) is 6.97. The van der Waals surface area contributed by atoms with Crippen molar-refractivity contribution >= 4 is 26.9 Å². The van der Waals surface area contributed by atoms with E-state index in [4.69, 9.17) is 18.5 Å². The first-order chi connectivity index (χ1) is 17.0. The molecule has 202 valence electrons. The van der Waals surface area contributed by atoms with Crippen LogP contribution in [0, 0.1) is 5.82 Å². The van der Waals surface area contributed by atoms with Crippen LogP contribution in [-0.2, 0) is 20.3 Å². The van der Waals surface area contributed by atoms with Crippen LogP contribution in [0.4, 0.5) is 9.18 Å². The van der Waals surface area contributed by atoms with Crippen molar-refractivity contribution < 1.29 is 27.7 Å². The number of carbonyl (C=O) groups is 1. The predicted molar refractivity (Wildman–Crippen MR) is 145 cm³/mol. The number of fused-ring (bicyclic) bond motifs is 1. The summed E-state index contributed by atoms with van der Waals surface area (Å²) >= 11 is 0. The molecule has 1 aromatic carbocycles. The van der Waals surface area contributed by atoms with Gasteiger partial charge in [0, 0.05) is 23.4 Å². The topological polar surface area (TPSA) is 62.2 Å². The molecule has 0 N–H and O–H groups in total. The number of halogens is 1. The molecule has 4 rings (SSSR count). The molecular weight excluding hydrogens is 490 g/mol. The van der Waals surface area contributed by atoms with E-state index in [-0.39, 0.29) is 17.7 Å². The zero-order valence-electron chi connectivity index (χ0n) is 23.8. The molecule has 0 unspecified atom stereocenters. The lowest BCUT2D eigenvalue weighted by atomic mass is 9.81. The third-order valence-electron chi connectivity index (χ3n) is 8.53. The van der Waals surface area contributed by atoms with E-state index < -0.39 is 38.5 Å². The molecule has 0 saturated carbocycles. The molecule has 1 saturated heterocycles. The zero-order valence-corrected chi connectivity index (χ0v) is 24.8. The van der Waals surface area contributed by atoms with Gasteiger partial charge in [-0.15, -0.1) is 0 Å².